The third kappa shape index (κ3) is 6.99. The molecule has 3 aromatic carbocycles. The highest BCUT2D eigenvalue weighted by Gasteiger charge is 2.32. The lowest BCUT2D eigenvalue weighted by Crippen LogP contribution is -2.51. The smallest absolute Gasteiger partial charge is 0.483 e. The summed E-state index contributed by atoms with van der Waals surface area (Å²) >= 11 is 0. The van der Waals surface area contributed by atoms with Crippen LogP contribution in [0.3, 0.4) is 0 Å². The molecule has 0 bridgehead atoms. The van der Waals surface area contributed by atoms with Gasteiger partial charge in [-0.25, -0.2) is 5.01 Å². The van der Waals surface area contributed by atoms with Crippen molar-refractivity contribution < 1.29 is 32.2 Å². The molecular weight excluding hydrogens is 461 g/mol. The molecule has 0 heterocycles. The molecule has 0 aliphatic rings. The molecule has 0 unspecified atom stereocenters. The zero-order valence-electron chi connectivity index (χ0n) is 19.4. The van der Waals surface area contributed by atoms with E-state index in [4.69, 9.17) is 4.74 Å². The highest BCUT2D eigenvalue weighted by Crippen LogP contribution is 2.39. The maximum Gasteiger partial charge on any atom is 0.573 e. The monoisotopic (exact) mass is 486 g/mol. The first-order chi connectivity index (χ1) is 16.5. The van der Waals surface area contributed by atoms with E-state index in [1.54, 1.807) is 75.4 Å². The predicted molar refractivity (Wildman–Crippen MR) is 125 cm³/mol. The van der Waals surface area contributed by atoms with Gasteiger partial charge < -0.3 is 9.47 Å². The van der Waals surface area contributed by atoms with Gasteiger partial charge in [0.05, 0.1) is 0 Å². The Morgan fingerprint density at radius 2 is 1.57 bits per heavy atom. The van der Waals surface area contributed by atoms with Crippen LogP contribution in [-0.2, 0) is 4.79 Å². The van der Waals surface area contributed by atoms with Crippen LogP contribution < -0.4 is 14.9 Å². The molecule has 0 saturated heterocycles. The van der Waals surface area contributed by atoms with Gasteiger partial charge >= 0.3 is 6.36 Å². The summed E-state index contributed by atoms with van der Waals surface area (Å²) < 4.78 is 48.7. The van der Waals surface area contributed by atoms with E-state index in [2.05, 4.69) is 10.2 Å². The SMILES string of the molecule is Cc1ccc(OCC(=O)N(NC(=O)c2ccccc2)C(C)C)c(-c2ccccc2OC(F)(F)F)c1. The Kier molecular flexibility index (Phi) is 8.01. The largest absolute Gasteiger partial charge is 0.573 e. The Hall–Kier alpha value is -4.01. The van der Waals surface area contributed by atoms with Crippen molar-refractivity contribution in [3.63, 3.8) is 0 Å². The minimum atomic E-state index is -4.87. The molecule has 2 amide bonds. The number of alkyl halides is 3. The number of ether oxygens (including phenoxy) is 2. The van der Waals surface area contributed by atoms with Crippen molar-refractivity contribution >= 4 is 11.8 Å². The van der Waals surface area contributed by atoms with Gasteiger partial charge in [-0.1, -0.05) is 48.0 Å². The van der Waals surface area contributed by atoms with Crippen molar-refractivity contribution in [3.8, 4) is 22.6 Å². The number of rotatable bonds is 7. The zero-order valence-corrected chi connectivity index (χ0v) is 19.4. The van der Waals surface area contributed by atoms with E-state index in [0.29, 0.717) is 11.1 Å². The van der Waals surface area contributed by atoms with E-state index in [-0.39, 0.29) is 23.1 Å². The van der Waals surface area contributed by atoms with Gasteiger partial charge in [0.15, 0.2) is 6.61 Å². The number of carbonyl (C=O) groups is 2. The third-order valence-corrected chi connectivity index (χ3v) is 4.93. The van der Waals surface area contributed by atoms with Crippen LogP contribution in [0.4, 0.5) is 13.2 Å². The summed E-state index contributed by atoms with van der Waals surface area (Å²) in [5, 5.41) is 1.16. The lowest BCUT2D eigenvalue weighted by molar-refractivity contribution is -0.274. The molecule has 6 nitrogen and oxygen atoms in total. The van der Waals surface area contributed by atoms with Crippen LogP contribution in [0.2, 0.25) is 0 Å². The number of hydrazine groups is 1. The summed E-state index contributed by atoms with van der Waals surface area (Å²) in [6.45, 7) is 4.79. The molecule has 3 aromatic rings. The van der Waals surface area contributed by atoms with Crippen molar-refractivity contribution in [2.24, 2.45) is 0 Å². The predicted octanol–water partition coefficient (Wildman–Crippen LogP) is 5.52. The molecule has 0 aliphatic heterocycles. The highest BCUT2D eigenvalue weighted by atomic mass is 19.4. The van der Waals surface area contributed by atoms with Crippen molar-refractivity contribution in [2.75, 3.05) is 6.61 Å². The van der Waals surface area contributed by atoms with Crippen LogP contribution in [0.25, 0.3) is 11.1 Å². The second-order valence-corrected chi connectivity index (χ2v) is 8.00. The molecule has 35 heavy (non-hydrogen) atoms. The molecule has 3 rings (SSSR count). The number of hydrogen-bond acceptors (Lipinski definition) is 4. The fourth-order valence-corrected chi connectivity index (χ4v) is 3.33. The van der Waals surface area contributed by atoms with E-state index >= 15 is 0 Å². The summed E-state index contributed by atoms with van der Waals surface area (Å²) in [5.41, 5.74) is 4.24. The van der Waals surface area contributed by atoms with Gasteiger partial charge in [-0.05, 0) is 51.1 Å². The fourth-order valence-electron chi connectivity index (χ4n) is 3.33. The Morgan fingerprint density at radius 3 is 2.23 bits per heavy atom. The first kappa shape index (κ1) is 25.6. The maximum absolute atomic E-state index is 12.9. The van der Waals surface area contributed by atoms with Crippen molar-refractivity contribution in [3.05, 3.63) is 83.9 Å². The van der Waals surface area contributed by atoms with E-state index in [0.717, 1.165) is 10.6 Å². The lowest BCUT2D eigenvalue weighted by Gasteiger charge is -2.27. The number of amides is 2. The topological polar surface area (TPSA) is 67.9 Å². The van der Waals surface area contributed by atoms with Crippen LogP contribution in [-0.4, -0.2) is 35.8 Å². The molecule has 0 saturated carbocycles. The number of nitrogens with one attached hydrogen (secondary N) is 1. The molecule has 0 aromatic heterocycles. The third-order valence-electron chi connectivity index (χ3n) is 4.93. The Bertz CT molecular complexity index is 1180. The van der Waals surface area contributed by atoms with Crippen LogP contribution in [0, 0.1) is 6.92 Å². The van der Waals surface area contributed by atoms with Crippen molar-refractivity contribution in [2.45, 2.75) is 33.2 Å². The Morgan fingerprint density at radius 1 is 0.914 bits per heavy atom. The molecule has 0 aliphatic carbocycles. The molecule has 0 fully saturated rings. The minimum Gasteiger partial charge on any atom is -0.483 e. The summed E-state index contributed by atoms with van der Waals surface area (Å²) in [6.07, 6.45) is -4.87. The van der Waals surface area contributed by atoms with Gasteiger partial charge in [0.2, 0.25) is 0 Å². The Balaban J connectivity index is 1.81. The summed E-state index contributed by atoms with van der Waals surface area (Å²) in [6, 6.07) is 18.7. The molecule has 184 valence electrons. The Labute approximate surface area is 201 Å². The van der Waals surface area contributed by atoms with Crippen molar-refractivity contribution in [1.29, 1.82) is 0 Å². The molecule has 1 N–H and O–H groups in total. The number of carbonyl (C=O) groups excluding carboxylic acids is 2. The second kappa shape index (κ2) is 10.9. The number of para-hydroxylation sites is 1. The summed E-state index contributed by atoms with van der Waals surface area (Å²) in [5.74, 6) is -1.18. The van der Waals surface area contributed by atoms with Gasteiger partial charge in [0.1, 0.15) is 11.5 Å². The van der Waals surface area contributed by atoms with E-state index in [1.807, 2.05) is 0 Å². The standard InChI is InChI=1S/C26H25F3N2O4/c1-17(2)31(30-25(33)19-9-5-4-6-10-19)24(32)16-34-22-14-13-18(3)15-21(22)20-11-7-8-12-23(20)35-26(27,28)29/h4-15,17H,16H2,1-3H3,(H,30,33). The average molecular weight is 486 g/mol. The molecular formula is C26H25F3N2O4. The molecule has 0 atom stereocenters. The molecule has 0 spiro atoms. The van der Waals surface area contributed by atoms with Crippen molar-refractivity contribution in [1.82, 2.24) is 10.4 Å². The average Bonchev–Trinajstić information content (AvgIpc) is 2.81. The summed E-state index contributed by atoms with van der Waals surface area (Å²) in [4.78, 5) is 25.4. The fraction of sp³-hybridized carbons (Fsp3) is 0.231. The van der Waals surface area contributed by atoms with Crippen LogP contribution in [0.1, 0.15) is 29.8 Å². The van der Waals surface area contributed by atoms with Gasteiger partial charge in [-0.2, -0.15) is 0 Å². The number of halogens is 3. The van der Waals surface area contributed by atoms with Crippen LogP contribution >= 0.6 is 0 Å². The number of hydrogen-bond donors (Lipinski definition) is 1. The zero-order chi connectivity index (χ0) is 25.6. The van der Waals surface area contributed by atoms with Gasteiger partial charge in [0, 0.05) is 22.7 Å². The first-order valence-corrected chi connectivity index (χ1v) is 10.8. The highest BCUT2D eigenvalue weighted by molar-refractivity contribution is 5.95. The quantitative estimate of drug-likeness (QED) is 0.447. The number of aryl methyl sites for hydroxylation is 1. The number of nitrogens with zero attached hydrogens (tertiary/aromatic N) is 1. The second-order valence-electron chi connectivity index (χ2n) is 8.00. The minimum absolute atomic E-state index is 0.161. The summed E-state index contributed by atoms with van der Waals surface area (Å²) in [7, 11) is 0. The van der Waals surface area contributed by atoms with Crippen LogP contribution in [0.5, 0.6) is 11.5 Å². The van der Waals surface area contributed by atoms with Gasteiger partial charge in [-0.3, -0.25) is 15.0 Å². The molecule has 9 heteroatoms. The van der Waals surface area contributed by atoms with Gasteiger partial charge in [-0.15, -0.1) is 13.2 Å². The van der Waals surface area contributed by atoms with Crippen LogP contribution in [0.15, 0.2) is 72.8 Å². The maximum atomic E-state index is 12.9. The van der Waals surface area contributed by atoms with E-state index in [9.17, 15) is 22.8 Å². The van der Waals surface area contributed by atoms with E-state index in [1.165, 1.54) is 18.2 Å². The lowest BCUT2D eigenvalue weighted by atomic mass is 10.0. The first-order valence-electron chi connectivity index (χ1n) is 10.8. The van der Waals surface area contributed by atoms with E-state index < -0.39 is 24.8 Å². The normalized spacial score (nSPS) is 11.2. The molecule has 0 radical (unpaired) electrons. The van der Waals surface area contributed by atoms with Gasteiger partial charge in [0.25, 0.3) is 11.8 Å². The number of benzene rings is 3.